The van der Waals surface area contributed by atoms with Crippen LogP contribution in [-0.2, 0) is 9.59 Å². The second-order valence-corrected chi connectivity index (χ2v) is 8.81. The Morgan fingerprint density at radius 1 is 1.08 bits per heavy atom. The first-order valence-electron chi connectivity index (χ1n) is 12.6. The minimum absolute atomic E-state index is 0. The number of nitrogens with zero attached hydrogens (tertiary/aromatic N) is 1. The van der Waals surface area contributed by atoms with Gasteiger partial charge in [-0.2, -0.15) is 0 Å². The Bertz CT molecular complexity index is 713. The van der Waals surface area contributed by atoms with E-state index in [-0.39, 0.29) is 30.9 Å². The molecule has 0 spiro atoms. The van der Waals surface area contributed by atoms with E-state index in [9.17, 15) is 14.7 Å². The van der Waals surface area contributed by atoms with Crippen molar-refractivity contribution in [3.63, 3.8) is 0 Å². The fourth-order valence-corrected chi connectivity index (χ4v) is 3.38. The topological polar surface area (TPSA) is 127 Å². The zero-order chi connectivity index (χ0) is 28.1. The van der Waals surface area contributed by atoms with Gasteiger partial charge in [-0.3, -0.25) is 9.59 Å². The fraction of sp³-hybridized carbons (Fsp3) is 0.621. The van der Waals surface area contributed by atoms with Crippen molar-refractivity contribution in [1.82, 2.24) is 4.90 Å². The number of aliphatic hydroxyl groups is 1. The van der Waals surface area contributed by atoms with Crippen LogP contribution in [0.3, 0.4) is 0 Å². The number of likely N-dealkylation sites (tertiary alicyclic amines) is 1. The molecule has 0 bridgehead atoms. The standard InChI is InChI=1S/C19H26N2O3.C4H11N.2C2H6.CH2O.CH4/c1-2-19(11-14-22)9-12-21(13-10-19)18(24)16-6-4-3-5-15(16)7-8-17(20)23;1-4(2,3)5;3*1-2;/h3-8,22H,2,9-14H2,1H3,(H2,20,23);5H2,1-3H3;2*1-2H3;1H2;1H4/b8-7+;;;;;. The number of piperidine rings is 1. The molecule has 0 saturated carbocycles. The maximum absolute atomic E-state index is 12.8. The summed E-state index contributed by atoms with van der Waals surface area (Å²) < 4.78 is 0. The normalized spacial score (nSPS) is 13.6. The second kappa shape index (κ2) is 22.9. The first kappa shape index (κ1) is 40.7. The van der Waals surface area contributed by atoms with Crippen LogP contribution in [0.4, 0.5) is 0 Å². The van der Waals surface area contributed by atoms with Crippen LogP contribution in [-0.4, -0.2) is 53.8 Å². The van der Waals surface area contributed by atoms with Gasteiger partial charge in [0.05, 0.1) is 0 Å². The highest BCUT2D eigenvalue weighted by Gasteiger charge is 2.34. The Morgan fingerprint density at radius 2 is 1.53 bits per heavy atom. The highest BCUT2D eigenvalue weighted by Crippen LogP contribution is 2.38. The lowest BCUT2D eigenvalue weighted by atomic mass is 9.74. The van der Waals surface area contributed by atoms with E-state index in [0.717, 1.165) is 25.7 Å². The molecule has 1 aromatic rings. The number of carbonyl (C=O) groups excluding carboxylic acids is 3. The number of amides is 2. The smallest absolute Gasteiger partial charge is 0.254 e. The van der Waals surface area contributed by atoms with Gasteiger partial charge in [-0.1, -0.05) is 66.7 Å². The van der Waals surface area contributed by atoms with Gasteiger partial charge in [0.2, 0.25) is 5.91 Å². The van der Waals surface area contributed by atoms with Crippen LogP contribution in [0.1, 0.15) is 104 Å². The molecule has 2 rings (SSSR count). The predicted molar refractivity (Wildman–Crippen MR) is 155 cm³/mol. The predicted octanol–water partition coefficient (Wildman–Crippen LogP) is 5.45. The quantitative estimate of drug-likeness (QED) is 0.440. The van der Waals surface area contributed by atoms with Crippen LogP contribution in [0, 0.1) is 5.41 Å². The number of hydrogen-bond acceptors (Lipinski definition) is 5. The van der Waals surface area contributed by atoms with Crippen molar-refractivity contribution in [1.29, 1.82) is 0 Å². The van der Waals surface area contributed by atoms with Crippen molar-refractivity contribution in [3.05, 3.63) is 41.5 Å². The third kappa shape index (κ3) is 17.9. The van der Waals surface area contributed by atoms with Gasteiger partial charge in [-0.25, -0.2) is 0 Å². The molecule has 1 aromatic carbocycles. The van der Waals surface area contributed by atoms with Crippen molar-refractivity contribution >= 4 is 24.7 Å². The maximum atomic E-state index is 12.8. The van der Waals surface area contributed by atoms with Crippen molar-refractivity contribution in [2.24, 2.45) is 16.9 Å². The van der Waals surface area contributed by atoms with Crippen LogP contribution in [0.2, 0.25) is 0 Å². The molecule has 0 aliphatic carbocycles. The molecule has 5 N–H and O–H groups in total. The molecule has 0 atom stereocenters. The van der Waals surface area contributed by atoms with E-state index in [1.54, 1.807) is 18.2 Å². The lowest BCUT2D eigenvalue weighted by molar-refractivity contribution is -0.113. The molecule has 1 saturated heterocycles. The fourth-order valence-electron chi connectivity index (χ4n) is 3.38. The Labute approximate surface area is 221 Å². The molecule has 0 unspecified atom stereocenters. The van der Waals surface area contributed by atoms with Gasteiger partial charge >= 0.3 is 0 Å². The molecule has 2 amide bonds. The molecule has 1 aliphatic heterocycles. The Balaban J connectivity index is -0.000000368. The molecule has 1 heterocycles. The number of carbonyl (C=O) groups is 3. The third-order valence-corrected chi connectivity index (χ3v) is 5.12. The maximum Gasteiger partial charge on any atom is 0.254 e. The highest BCUT2D eigenvalue weighted by molar-refractivity contribution is 5.99. The van der Waals surface area contributed by atoms with Crippen molar-refractivity contribution in [3.8, 4) is 0 Å². The summed E-state index contributed by atoms with van der Waals surface area (Å²) in [6, 6.07) is 7.23. The van der Waals surface area contributed by atoms with Gasteiger partial charge in [-0.15, -0.1) is 0 Å². The summed E-state index contributed by atoms with van der Waals surface area (Å²) in [6.45, 7) is 19.6. The van der Waals surface area contributed by atoms with Crippen LogP contribution in [0.15, 0.2) is 30.3 Å². The van der Waals surface area contributed by atoms with Gasteiger partial charge in [-0.05, 0) is 63.2 Å². The summed E-state index contributed by atoms with van der Waals surface area (Å²) in [5.41, 5.74) is 11.9. The zero-order valence-electron chi connectivity index (χ0n) is 23.4. The Morgan fingerprint density at radius 3 is 1.92 bits per heavy atom. The second-order valence-electron chi connectivity index (χ2n) is 8.81. The van der Waals surface area contributed by atoms with E-state index in [4.69, 9.17) is 16.3 Å². The molecule has 7 nitrogen and oxygen atoms in total. The lowest BCUT2D eigenvalue weighted by Crippen LogP contribution is -2.43. The Kier molecular flexibility index (Phi) is 25.9. The van der Waals surface area contributed by atoms with E-state index in [2.05, 4.69) is 6.92 Å². The SMILES string of the molecule is C.C=O.CC.CC.CC(C)(C)N.CCC1(CCO)CCN(C(=O)c2ccccc2/C=C/C(N)=O)CC1. The van der Waals surface area contributed by atoms with E-state index >= 15 is 0 Å². The van der Waals surface area contributed by atoms with E-state index in [1.807, 2.05) is 72.3 Å². The van der Waals surface area contributed by atoms with E-state index < -0.39 is 5.91 Å². The Hall–Kier alpha value is -2.51. The number of benzene rings is 1. The molecule has 36 heavy (non-hydrogen) atoms. The number of nitrogens with two attached hydrogens (primary N) is 2. The number of hydrogen-bond donors (Lipinski definition) is 3. The molecule has 1 fully saturated rings. The molecule has 1 aliphatic rings. The summed E-state index contributed by atoms with van der Waals surface area (Å²) >= 11 is 0. The van der Waals surface area contributed by atoms with E-state index in [1.165, 1.54) is 6.08 Å². The largest absolute Gasteiger partial charge is 0.396 e. The number of primary amides is 1. The monoisotopic (exact) mass is 509 g/mol. The average Bonchev–Trinajstić information content (AvgIpc) is 2.86. The van der Waals surface area contributed by atoms with Crippen LogP contribution in [0.25, 0.3) is 6.08 Å². The van der Waals surface area contributed by atoms with Crippen LogP contribution in [0.5, 0.6) is 0 Å². The lowest BCUT2D eigenvalue weighted by Gasteiger charge is -2.41. The minimum atomic E-state index is -0.535. The summed E-state index contributed by atoms with van der Waals surface area (Å²) in [4.78, 5) is 33.7. The average molecular weight is 510 g/mol. The van der Waals surface area contributed by atoms with Gasteiger partial charge in [0.15, 0.2) is 0 Å². The van der Waals surface area contributed by atoms with Crippen molar-refractivity contribution in [2.75, 3.05) is 19.7 Å². The molecule has 210 valence electrons. The molecule has 0 radical (unpaired) electrons. The van der Waals surface area contributed by atoms with Crippen molar-refractivity contribution < 1.29 is 19.5 Å². The molecule has 0 aromatic heterocycles. The highest BCUT2D eigenvalue weighted by atomic mass is 16.3. The van der Waals surface area contributed by atoms with Gasteiger partial charge in [0, 0.05) is 36.9 Å². The van der Waals surface area contributed by atoms with Gasteiger partial charge in [0.1, 0.15) is 6.79 Å². The van der Waals surface area contributed by atoms with Crippen molar-refractivity contribution in [2.45, 2.75) is 94.0 Å². The third-order valence-electron chi connectivity index (χ3n) is 5.12. The summed E-state index contributed by atoms with van der Waals surface area (Å²) in [6.07, 6.45) is 6.49. The van der Waals surface area contributed by atoms with E-state index in [0.29, 0.717) is 24.2 Å². The minimum Gasteiger partial charge on any atom is -0.396 e. The molecular weight excluding hydrogens is 454 g/mol. The summed E-state index contributed by atoms with van der Waals surface area (Å²) in [7, 11) is 0. The first-order valence-corrected chi connectivity index (χ1v) is 12.6. The van der Waals surface area contributed by atoms with Crippen LogP contribution >= 0.6 is 0 Å². The first-order chi connectivity index (χ1) is 16.5. The number of aliphatic hydroxyl groups excluding tert-OH is 1. The summed E-state index contributed by atoms with van der Waals surface area (Å²) in [5, 5.41) is 9.28. The van der Waals surface area contributed by atoms with Gasteiger partial charge in [0.25, 0.3) is 5.91 Å². The zero-order valence-corrected chi connectivity index (χ0v) is 23.4. The van der Waals surface area contributed by atoms with Crippen LogP contribution < -0.4 is 11.5 Å². The molecular formula is C29H55N3O4. The number of rotatable bonds is 6. The molecule has 7 heteroatoms. The summed E-state index contributed by atoms with van der Waals surface area (Å²) in [5.74, 6) is -0.555. The van der Waals surface area contributed by atoms with Gasteiger partial charge < -0.3 is 26.3 Å².